The zero-order chi connectivity index (χ0) is 26.3. The third-order valence-corrected chi connectivity index (χ3v) is 7.75. The van der Waals surface area contributed by atoms with Gasteiger partial charge in [-0.3, -0.25) is 4.90 Å². The number of nitrogens with one attached hydrogen (secondary N) is 1. The van der Waals surface area contributed by atoms with Crippen molar-refractivity contribution >= 4 is 11.9 Å². The average molecular weight is 520 g/mol. The molecule has 2 saturated heterocycles. The van der Waals surface area contributed by atoms with E-state index in [0.717, 1.165) is 55.1 Å². The van der Waals surface area contributed by atoms with E-state index in [9.17, 15) is 10.1 Å². The molecule has 0 radical (unpaired) electrons. The van der Waals surface area contributed by atoms with Gasteiger partial charge in [-0.1, -0.05) is 37.3 Å². The van der Waals surface area contributed by atoms with Gasteiger partial charge in [-0.05, 0) is 44.5 Å². The Morgan fingerprint density at radius 3 is 2.87 bits per heavy atom. The van der Waals surface area contributed by atoms with Crippen molar-refractivity contribution in [3.05, 3.63) is 47.2 Å². The first-order chi connectivity index (χ1) is 18.7. The summed E-state index contributed by atoms with van der Waals surface area (Å²) in [6.45, 7) is 8.23. The molecule has 10 heteroatoms. The Bertz CT molecular complexity index is 1140. The van der Waals surface area contributed by atoms with E-state index < -0.39 is 0 Å². The first-order valence-corrected chi connectivity index (χ1v) is 13.7. The lowest BCUT2D eigenvalue weighted by molar-refractivity contribution is 0.0767. The largest absolute Gasteiger partial charge is 0.462 e. The third-order valence-electron chi connectivity index (χ3n) is 7.75. The van der Waals surface area contributed by atoms with Crippen LogP contribution in [0.2, 0.25) is 0 Å². The monoisotopic (exact) mass is 519 g/mol. The molecule has 0 unspecified atom stereocenters. The normalized spacial score (nSPS) is 21.6. The summed E-state index contributed by atoms with van der Waals surface area (Å²) in [6.07, 6.45) is 3.00. The quantitative estimate of drug-likeness (QED) is 0.563. The fourth-order valence-corrected chi connectivity index (χ4v) is 5.68. The Hall–Kier alpha value is -3.42. The number of carbonyl (C=O) groups is 1. The Morgan fingerprint density at radius 1 is 1.18 bits per heavy atom. The molecule has 1 N–H and O–H groups in total. The predicted octanol–water partition coefficient (Wildman–Crippen LogP) is 2.73. The minimum atomic E-state index is -0.385. The fraction of sp³-hybridized carbons (Fsp3) is 0.571. The lowest BCUT2D eigenvalue weighted by Crippen LogP contribution is -2.55. The lowest BCUT2D eigenvalue weighted by Gasteiger charge is -2.41. The summed E-state index contributed by atoms with van der Waals surface area (Å²) in [5.41, 5.74) is 3.03. The van der Waals surface area contributed by atoms with Crippen molar-refractivity contribution in [3.63, 3.8) is 0 Å². The van der Waals surface area contributed by atoms with Gasteiger partial charge in [-0.15, -0.1) is 0 Å². The van der Waals surface area contributed by atoms with Gasteiger partial charge in [0.05, 0.1) is 24.2 Å². The van der Waals surface area contributed by atoms with Crippen LogP contribution in [0.4, 0.5) is 10.6 Å². The molecule has 38 heavy (non-hydrogen) atoms. The van der Waals surface area contributed by atoms with Gasteiger partial charge in [0.2, 0.25) is 0 Å². The molecule has 3 aliphatic rings. The van der Waals surface area contributed by atoms with E-state index in [0.29, 0.717) is 44.8 Å². The van der Waals surface area contributed by atoms with E-state index in [1.165, 1.54) is 6.42 Å². The molecule has 0 spiro atoms. The highest BCUT2D eigenvalue weighted by Crippen LogP contribution is 2.29. The van der Waals surface area contributed by atoms with Crippen molar-refractivity contribution in [1.29, 1.82) is 5.26 Å². The van der Waals surface area contributed by atoms with E-state index in [1.807, 2.05) is 30.3 Å². The number of carbonyl (C=O) groups excluding carboxylic acids is 1. The van der Waals surface area contributed by atoms with Gasteiger partial charge in [0.25, 0.3) is 0 Å². The number of likely N-dealkylation sites (tertiary alicyclic amines) is 1. The molecule has 0 saturated carbocycles. The average Bonchev–Trinajstić information content (AvgIpc) is 3.43. The molecule has 0 bridgehead atoms. The Kier molecular flexibility index (Phi) is 8.56. The second-order valence-corrected chi connectivity index (χ2v) is 10.1. The summed E-state index contributed by atoms with van der Waals surface area (Å²) >= 11 is 0. The second kappa shape index (κ2) is 12.4. The fourth-order valence-electron chi connectivity index (χ4n) is 5.68. The zero-order valence-corrected chi connectivity index (χ0v) is 22.1. The van der Waals surface area contributed by atoms with Crippen molar-refractivity contribution in [2.45, 2.75) is 57.8 Å². The van der Waals surface area contributed by atoms with Crippen molar-refractivity contribution in [2.24, 2.45) is 0 Å². The van der Waals surface area contributed by atoms with Gasteiger partial charge in [0.15, 0.2) is 0 Å². The molecule has 0 aliphatic carbocycles. The molecular formula is C28H37N7O3. The highest BCUT2D eigenvalue weighted by atomic mass is 16.6. The number of rotatable bonds is 8. The summed E-state index contributed by atoms with van der Waals surface area (Å²) in [7, 11) is 0. The van der Waals surface area contributed by atoms with Crippen LogP contribution in [0, 0.1) is 11.3 Å². The van der Waals surface area contributed by atoms with Gasteiger partial charge in [-0.2, -0.15) is 15.2 Å². The minimum Gasteiger partial charge on any atom is -0.462 e. The number of amides is 1. The first-order valence-electron chi connectivity index (χ1n) is 13.7. The van der Waals surface area contributed by atoms with Gasteiger partial charge in [0.1, 0.15) is 19.0 Å². The number of likely N-dealkylation sites (N-methyl/N-ethyl adjacent to an activating group) is 1. The van der Waals surface area contributed by atoms with Crippen LogP contribution in [-0.4, -0.2) is 83.8 Å². The number of hydrogen-bond acceptors (Lipinski definition) is 9. The highest BCUT2D eigenvalue weighted by Gasteiger charge is 2.34. The second-order valence-electron chi connectivity index (χ2n) is 10.1. The Balaban J connectivity index is 1.30. The molecule has 2 atom stereocenters. The summed E-state index contributed by atoms with van der Waals surface area (Å²) < 4.78 is 11.8. The summed E-state index contributed by atoms with van der Waals surface area (Å²) in [4.78, 5) is 28.9. The van der Waals surface area contributed by atoms with Crippen LogP contribution >= 0.6 is 0 Å². The van der Waals surface area contributed by atoms with E-state index >= 15 is 0 Å². The Labute approximate surface area is 224 Å². The van der Waals surface area contributed by atoms with Crippen LogP contribution in [0.5, 0.6) is 6.01 Å². The minimum absolute atomic E-state index is 0.211. The SMILES string of the molecule is CCN1CCC[C@H]1COc1nc2c(c(N3CCN(C(=O)OCc4ccccc4)[C@@H](CC#N)C3)n1)CCNC2. The molecule has 2 aromatic rings. The topological polar surface area (TPSA) is 107 Å². The summed E-state index contributed by atoms with van der Waals surface area (Å²) in [5.74, 6) is 0.866. The first kappa shape index (κ1) is 26.2. The standard InChI is InChI=1S/C28H37N7O3/c1-2-33-14-6-9-23(33)20-37-27-31-25-17-30-13-11-24(25)26(32-27)34-15-16-35(22(18-34)10-12-29)28(36)38-19-21-7-4-3-5-8-21/h3-5,7-8,22-23,30H,2,6,9-11,13-20H2,1H3/t22-,23-/m0/s1. The van der Waals surface area contributed by atoms with E-state index in [-0.39, 0.29) is 25.2 Å². The molecule has 5 rings (SSSR count). The number of fused-ring (bicyclic) bond motifs is 1. The van der Waals surface area contributed by atoms with Gasteiger partial charge >= 0.3 is 12.1 Å². The van der Waals surface area contributed by atoms with Crippen LogP contribution in [0.3, 0.4) is 0 Å². The van der Waals surface area contributed by atoms with Crippen molar-refractivity contribution in [1.82, 2.24) is 25.1 Å². The number of nitriles is 1. The number of anilines is 1. The van der Waals surface area contributed by atoms with Crippen LogP contribution < -0.4 is 15.0 Å². The molecule has 202 valence electrons. The van der Waals surface area contributed by atoms with Gasteiger partial charge in [-0.25, -0.2) is 4.79 Å². The maximum Gasteiger partial charge on any atom is 0.410 e. The van der Waals surface area contributed by atoms with Gasteiger partial charge < -0.3 is 24.6 Å². The molecule has 2 fully saturated rings. The number of nitrogens with zero attached hydrogens (tertiary/aromatic N) is 6. The van der Waals surface area contributed by atoms with Crippen molar-refractivity contribution in [3.8, 4) is 12.1 Å². The van der Waals surface area contributed by atoms with Crippen LogP contribution in [0.1, 0.15) is 43.0 Å². The molecule has 4 heterocycles. The molecule has 10 nitrogen and oxygen atoms in total. The summed E-state index contributed by atoms with van der Waals surface area (Å²) in [5, 5.41) is 12.9. The molecular weight excluding hydrogens is 482 g/mol. The number of aromatic nitrogens is 2. The molecule has 1 aromatic carbocycles. The Morgan fingerprint density at radius 2 is 2.05 bits per heavy atom. The molecule has 3 aliphatic heterocycles. The number of ether oxygens (including phenoxy) is 2. The summed E-state index contributed by atoms with van der Waals surface area (Å²) in [6, 6.07) is 12.4. The van der Waals surface area contributed by atoms with Gasteiger partial charge in [0, 0.05) is 37.8 Å². The van der Waals surface area contributed by atoms with E-state index in [4.69, 9.17) is 19.4 Å². The van der Waals surface area contributed by atoms with Crippen LogP contribution in [-0.2, 0) is 24.3 Å². The maximum absolute atomic E-state index is 13.0. The number of piperazine rings is 1. The van der Waals surface area contributed by atoms with E-state index in [2.05, 4.69) is 28.1 Å². The smallest absolute Gasteiger partial charge is 0.410 e. The van der Waals surface area contributed by atoms with Crippen LogP contribution in [0.25, 0.3) is 0 Å². The van der Waals surface area contributed by atoms with Crippen molar-refractivity contribution in [2.75, 3.05) is 50.8 Å². The molecule has 1 aromatic heterocycles. The maximum atomic E-state index is 13.0. The van der Waals surface area contributed by atoms with Crippen LogP contribution in [0.15, 0.2) is 30.3 Å². The number of hydrogen-bond donors (Lipinski definition) is 1. The lowest BCUT2D eigenvalue weighted by atomic mass is 10.0. The van der Waals surface area contributed by atoms with E-state index in [1.54, 1.807) is 4.90 Å². The van der Waals surface area contributed by atoms with Crippen molar-refractivity contribution < 1.29 is 14.3 Å². The molecule has 1 amide bonds. The third kappa shape index (κ3) is 6.00. The predicted molar refractivity (Wildman–Crippen MR) is 143 cm³/mol. The number of benzene rings is 1. The zero-order valence-electron chi connectivity index (χ0n) is 22.1. The highest BCUT2D eigenvalue weighted by molar-refractivity contribution is 5.69.